The zero-order chi connectivity index (χ0) is 8.69. The van der Waals surface area contributed by atoms with Crippen LogP contribution in [0.3, 0.4) is 0 Å². The molecule has 0 amide bonds. The first-order chi connectivity index (χ1) is 5.22. The molecule has 0 aliphatic heterocycles. The van der Waals surface area contributed by atoms with Gasteiger partial charge in [-0.15, -0.1) is 0 Å². The van der Waals surface area contributed by atoms with Gasteiger partial charge in [0.2, 0.25) is 0 Å². The molecule has 0 bridgehead atoms. The zero-order valence-corrected chi connectivity index (χ0v) is 9.05. The van der Waals surface area contributed by atoms with E-state index >= 15 is 0 Å². The van der Waals surface area contributed by atoms with Gasteiger partial charge in [-0.05, 0) is 13.0 Å². The summed E-state index contributed by atoms with van der Waals surface area (Å²) in [4.78, 5) is 10.8. The van der Waals surface area contributed by atoms with Gasteiger partial charge in [0.1, 0.15) is 3.92 Å². The third-order valence-electron chi connectivity index (χ3n) is 1.21. The van der Waals surface area contributed by atoms with Gasteiger partial charge in [0.15, 0.2) is 0 Å². The van der Waals surface area contributed by atoms with Crippen LogP contribution < -0.4 is 5.32 Å². The highest BCUT2D eigenvalue weighted by Crippen LogP contribution is 2.00. The Balaban J connectivity index is 3.36. The van der Waals surface area contributed by atoms with Crippen molar-refractivity contribution in [2.24, 2.45) is 0 Å². The number of hydrogen-bond acceptors (Lipinski definition) is 3. The first kappa shape index (κ1) is 11.2. The van der Waals surface area contributed by atoms with Gasteiger partial charge in [-0.1, -0.05) is 29.5 Å². The number of halogens is 1. The Labute approximate surface area is 81.0 Å². The molecule has 3 nitrogen and oxygen atoms in total. The van der Waals surface area contributed by atoms with Gasteiger partial charge in [-0.3, -0.25) is 4.79 Å². The van der Waals surface area contributed by atoms with Gasteiger partial charge in [0, 0.05) is 6.54 Å². The molecule has 0 aliphatic rings. The van der Waals surface area contributed by atoms with E-state index in [2.05, 4.69) is 39.6 Å². The van der Waals surface area contributed by atoms with Crippen molar-refractivity contribution in [3.63, 3.8) is 0 Å². The van der Waals surface area contributed by atoms with Gasteiger partial charge in [0.25, 0.3) is 0 Å². The van der Waals surface area contributed by atoms with Crippen LogP contribution in [0.4, 0.5) is 0 Å². The first-order valence-electron chi connectivity index (χ1n) is 3.65. The highest BCUT2D eigenvalue weighted by Gasteiger charge is 2.13. The SMILES string of the molecule is CCCNCC(I)C(=O)OC. The third kappa shape index (κ3) is 5.43. The number of rotatable bonds is 5. The van der Waals surface area contributed by atoms with Crippen LogP contribution in [0.15, 0.2) is 0 Å². The van der Waals surface area contributed by atoms with Crippen LogP contribution in [0.25, 0.3) is 0 Å². The van der Waals surface area contributed by atoms with Crippen molar-refractivity contribution in [3.05, 3.63) is 0 Å². The van der Waals surface area contributed by atoms with Crippen LogP contribution in [-0.4, -0.2) is 30.1 Å². The van der Waals surface area contributed by atoms with Crippen LogP contribution in [0.5, 0.6) is 0 Å². The second-order valence-electron chi connectivity index (χ2n) is 2.19. The standard InChI is InChI=1S/C7H14INO2/c1-3-4-9-5-6(8)7(10)11-2/h6,9H,3-5H2,1-2H3. The summed E-state index contributed by atoms with van der Waals surface area (Å²) in [5.74, 6) is -0.158. The van der Waals surface area contributed by atoms with E-state index in [1.807, 2.05) is 0 Å². The van der Waals surface area contributed by atoms with Gasteiger partial charge >= 0.3 is 5.97 Å². The van der Waals surface area contributed by atoms with Gasteiger partial charge in [-0.25, -0.2) is 0 Å². The summed E-state index contributed by atoms with van der Waals surface area (Å²) < 4.78 is 4.49. The summed E-state index contributed by atoms with van der Waals surface area (Å²) in [5, 5.41) is 3.14. The fraction of sp³-hybridized carbons (Fsp3) is 0.857. The molecule has 0 fully saturated rings. The Hall–Kier alpha value is 0.160. The lowest BCUT2D eigenvalue weighted by Gasteiger charge is -2.07. The lowest BCUT2D eigenvalue weighted by molar-refractivity contribution is -0.139. The Morgan fingerprint density at radius 3 is 2.82 bits per heavy atom. The summed E-state index contributed by atoms with van der Waals surface area (Å²) in [6.07, 6.45) is 1.09. The molecule has 1 N–H and O–H groups in total. The summed E-state index contributed by atoms with van der Waals surface area (Å²) in [5.41, 5.74) is 0. The van der Waals surface area contributed by atoms with Crippen molar-refractivity contribution in [3.8, 4) is 0 Å². The van der Waals surface area contributed by atoms with E-state index in [1.165, 1.54) is 7.11 Å². The molecule has 0 aromatic carbocycles. The Morgan fingerprint density at radius 1 is 1.73 bits per heavy atom. The highest BCUT2D eigenvalue weighted by molar-refractivity contribution is 14.1. The van der Waals surface area contributed by atoms with Crippen LogP contribution in [-0.2, 0) is 9.53 Å². The minimum atomic E-state index is -0.158. The van der Waals surface area contributed by atoms with E-state index in [0.717, 1.165) is 13.0 Å². The van der Waals surface area contributed by atoms with Crippen LogP contribution >= 0.6 is 22.6 Å². The van der Waals surface area contributed by atoms with Crippen molar-refractivity contribution < 1.29 is 9.53 Å². The van der Waals surface area contributed by atoms with Crippen molar-refractivity contribution in [2.75, 3.05) is 20.2 Å². The molecule has 4 heteroatoms. The molecule has 0 heterocycles. The van der Waals surface area contributed by atoms with E-state index in [0.29, 0.717) is 6.54 Å². The summed E-state index contributed by atoms with van der Waals surface area (Å²) in [6, 6.07) is 0. The fourth-order valence-corrected chi connectivity index (χ4v) is 1.18. The quantitative estimate of drug-likeness (QED) is 0.350. The van der Waals surface area contributed by atoms with Crippen LogP contribution in [0, 0.1) is 0 Å². The third-order valence-corrected chi connectivity index (χ3v) is 2.16. The van der Waals surface area contributed by atoms with Crippen molar-refractivity contribution in [2.45, 2.75) is 17.3 Å². The van der Waals surface area contributed by atoms with Crippen LogP contribution in [0.1, 0.15) is 13.3 Å². The number of methoxy groups -OCH3 is 1. The number of hydrogen-bond donors (Lipinski definition) is 1. The van der Waals surface area contributed by atoms with Gasteiger partial charge < -0.3 is 10.1 Å². The second-order valence-corrected chi connectivity index (χ2v) is 3.70. The molecule has 11 heavy (non-hydrogen) atoms. The normalized spacial score (nSPS) is 12.6. The highest BCUT2D eigenvalue weighted by atomic mass is 127. The Kier molecular flexibility index (Phi) is 6.94. The fourth-order valence-electron chi connectivity index (χ4n) is 0.617. The molecule has 66 valence electrons. The van der Waals surface area contributed by atoms with E-state index < -0.39 is 0 Å². The van der Waals surface area contributed by atoms with E-state index in [9.17, 15) is 4.79 Å². The van der Waals surface area contributed by atoms with Crippen molar-refractivity contribution >= 4 is 28.6 Å². The molecule has 0 aromatic heterocycles. The molecule has 1 atom stereocenters. The Bertz CT molecular complexity index is 119. The van der Waals surface area contributed by atoms with Crippen molar-refractivity contribution in [1.29, 1.82) is 0 Å². The topological polar surface area (TPSA) is 38.3 Å². The van der Waals surface area contributed by atoms with E-state index in [-0.39, 0.29) is 9.89 Å². The monoisotopic (exact) mass is 271 g/mol. The van der Waals surface area contributed by atoms with E-state index in [4.69, 9.17) is 0 Å². The minimum absolute atomic E-state index is 0.0656. The smallest absolute Gasteiger partial charge is 0.319 e. The molecule has 0 rings (SSSR count). The molecule has 0 aliphatic carbocycles. The first-order valence-corrected chi connectivity index (χ1v) is 4.89. The molecule has 0 saturated heterocycles. The molecule has 0 aromatic rings. The van der Waals surface area contributed by atoms with E-state index in [1.54, 1.807) is 0 Å². The number of alkyl halides is 1. The second kappa shape index (κ2) is 6.84. The predicted octanol–water partition coefficient (Wildman–Crippen LogP) is 0.963. The maximum atomic E-state index is 10.8. The molecule has 0 saturated carbocycles. The maximum Gasteiger partial charge on any atom is 0.319 e. The maximum absolute atomic E-state index is 10.8. The van der Waals surface area contributed by atoms with Crippen molar-refractivity contribution in [1.82, 2.24) is 5.32 Å². The minimum Gasteiger partial charge on any atom is -0.468 e. The molecular weight excluding hydrogens is 257 g/mol. The number of esters is 1. The predicted molar refractivity (Wildman–Crippen MR) is 53.0 cm³/mol. The van der Waals surface area contributed by atoms with Gasteiger partial charge in [0.05, 0.1) is 7.11 Å². The molecular formula is C7H14INO2. The zero-order valence-electron chi connectivity index (χ0n) is 6.89. The molecule has 1 unspecified atom stereocenters. The number of carbonyl (C=O) groups is 1. The summed E-state index contributed by atoms with van der Waals surface area (Å²) in [6.45, 7) is 3.74. The summed E-state index contributed by atoms with van der Waals surface area (Å²) in [7, 11) is 1.41. The lowest BCUT2D eigenvalue weighted by atomic mass is 10.4. The average Bonchev–Trinajstić information content (AvgIpc) is 2.03. The average molecular weight is 271 g/mol. The number of nitrogens with one attached hydrogen (secondary N) is 1. The number of carbonyl (C=O) groups excluding carboxylic acids is 1. The summed E-state index contributed by atoms with van der Waals surface area (Å²) >= 11 is 2.07. The molecule has 0 radical (unpaired) electrons. The van der Waals surface area contributed by atoms with Gasteiger partial charge in [-0.2, -0.15) is 0 Å². The Morgan fingerprint density at radius 2 is 2.36 bits per heavy atom. The lowest BCUT2D eigenvalue weighted by Crippen LogP contribution is -2.29. The number of ether oxygens (including phenoxy) is 1. The van der Waals surface area contributed by atoms with Crippen LogP contribution in [0.2, 0.25) is 0 Å². The largest absolute Gasteiger partial charge is 0.468 e. The molecule has 0 spiro atoms.